The zero-order valence-electron chi connectivity index (χ0n) is 19.2. The van der Waals surface area contributed by atoms with E-state index in [4.69, 9.17) is 9.47 Å². The van der Waals surface area contributed by atoms with Gasteiger partial charge in [0.1, 0.15) is 35.2 Å². The highest BCUT2D eigenvalue weighted by Gasteiger charge is 2.21. The van der Waals surface area contributed by atoms with E-state index in [0.717, 1.165) is 16.9 Å². The summed E-state index contributed by atoms with van der Waals surface area (Å²) in [5.74, 6) is -0.127. The Kier molecular flexibility index (Phi) is 7.89. The van der Waals surface area contributed by atoms with Crippen LogP contribution in [0.15, 0.2) is 71.8 Å². The van der Waals surface area contributed by atoms with Crippen molar-refractivity contribution in [1.82, 2.24) is 14.9 Å². The van der Waals surface area contributed by atoms with Gasteiger partial charge in [-0.2, -0.15) is 0 Å². The molecule has 0 bridgehead atoms. The molecular formula is C26H25N3O5S. The normalized spacial score (nSPS) is 10.8. The number of amides is 1. The van der Waals surface area contributed by atoms with Crippen molar-refractivity contribution in [3.05, 3.63) is 93.3 Å². The van der Waals surface area contributed by atoms with Gasteiger partial charge in [0.05, 0.1) is 11.7 Å². The van der Waals surface area contributed by atoms with Gasteiger partial charge in [-0.05, 0) is 36.6 Å². The first-order valence-corrected chi connectivity index (χ1v) is 12.0. The second-order valence-corrected chi connectivity index (χ2v) is 8.80. The maximum atomic E-state index is 13.0. The van der Waals surface area contributed by atoms with Gasteiger partial charge < -0.3 is 14.8 Å². The summed E-state index contributed by atoms with van der Waals surface area (Å²) in [5, 5.41) is 3.15. The van der Waals surface area contributed by atoms with Gasteiger partial charge in [-0.3, -0.25) is 14.2 Å². The Morgan fingerprint density at radius 2 is 1.74 bits per heavy atom. The van der Waals surface area contributed by atoms with Crippen molar-refractivity contribution < 1.29 is 19.1 Å². The van der Waals surface area contributed by atoms with Crippen molar-refractivity contribution in [3.63, 3.8) is 0 Å². The molecule has 2 heterocycles. The lowest BCUT2D eigenvalue weighted by atomic mass is 10.1. The quantitative estimate of drug-likeness (QED) is 0.270. The highest BCUT2D eigenvalue weighted by Crippen LogP contribution is 2.27. The molecule has 0 spiro atoms. The van der Waals surface area contributed by atoms with Crippen molar-refractivity contribution in [2.75, 3.05) is 19.8 Å². The molecule has 180 valence electrons. The first kappa shape index (κ1) is 24.2. The molecule has 4 aromatic rings. The topological polar surface area (TPSA) is 99.5 Å². The molecule has 0 aliphatic carbocycles. The molecule has 4 rings (SSSR count). The van der Waals surface area contributed by atoms with Crippen LogP contribution in [0.25, 0.3) is 10.2 Å². The molecule has 2 aromatic carbocycles. The number of ether oxygens (including phenoxy) is 2. The number of aromatic nitrogens is 2. The van der Waals surface area contributed by atoms with Crippen molar-refractivity contribution in [2.45, 2.75) is 19.9 Å². The summed E-state index contributed by atoms with van der Waals surface area (Å²) in [5.41, 5.74) is 1.25. The highest BCUT2D eigenvalue weighted by atomic mass is 32.1. The molecule has 0 saturated carbocycles. The third kappa shape index (κ3) is 6.13. The maximum Gasteiger partial charge on any atom is 0.348 e. The van der Waals surface area contributed by atoms with Gasteiger partial charge in [0.15, 0.2) is 0 Å². The number of fused-ring (bicyclic) bond motifs is 1. The minimum absolute atomic E-state index is 0.0717. The standard InChI is InChI=1S/C26H25N3O5S/c1-18-22-24(35-23(18)26(32)34-15-14-33-20-10-6-3-7-11-20)28-17-29(25(22)31)16-21(30)27-13-12-19-8-4-2-5-9-19/h2-11,17H,12-16H2,1H3,(H,27,30). The predicted octanol–water partition coefficient (Wildman–Crippen LogP) is 3.36. The number of nitrogens with one attached hydrogen (secondary N) is 1. The zero-order valence-corrected chi connectivity index (χ0v) is 20.0. The van der Waals surface area contributed by atoms with Gasteiger partial charge in [0, 0.05) is 6.54 Å². The van der Waals surface area contributed by atoms with Gasteiger partial charge >= 0.3 is 5.97 Å². The van der Waals surface area contributed by atoms with Crippen LogP contribution in [0, 0.1) is 6.92 Å². The Morgan fingerprint density at radius 3 is 2.49 bits per heavy atom. The third-order valence-corrected chi connectivity index (χ3v) is 6.50. The lowest BCUT2D eigenvalue weighted by molar-refractivity contribution is -0.121. The lowest BCUT2D eigenvalue weighted by Gasteiger charge is -2.08. The van der Waals surface area contributed by atoms with Gasteiger partial charge in [0.25, 0.3) is 5.56 Å². The first-order valence-electron chi connectivity index (χ1n) is 11.2. The van der Waals surface area contributed by atoms with E-state index in [1.54, 1.807) is 6.92 Å². The second kappa shape index (κ2) is 11.4. The van der Waals surface area contributed by atoms with Gasteiger partial charge in [0.2, 0.25) is 5.91 Å². The largest absolute Gasteiger partial charge is 0.490 e. The first-order chi connectivity index (χ1) is 17.0. The molecular weight excluding hydrogens is 466 g/mol. The number of para-hydroxylation sites is 1. The second-order valence-electron chi connectivity index (χ2n) is 7.80. The molecule has 2 aromatic heterocycles. The van der Waals surface area contributed by atoms with Gasteiger partial charge in [-0.1, -0.05) is 48.5 Å². The van der Waals surface area contributed by atoms with Crippen LogP contribution >= 0.6 is 11.3 Å². The maximum absolute atomic E-state index is 13.0. The van der Waals surface area contributed by atoms with Crippen LogP contribution in [0.2, 0.25) is 0 Å². The SMILES string of the molecule is Cc1c(C(=O)OCCOc2ccccc2)sc2ncn(CC(=O)NCCc3ccccc3)c(=O)c12. The van der Waals surface area contributed by atoms with Crippen LogP contribution < -0.4 is 15.6 Å². The minimum Gasteiger partial charge on any atom is -0.490 e. The minimum atomic E-state index is -0.535. The number of hydrogen-bond donors (Lipinski definition) is 1. The molecule has 9 heteroatoms. The third-order valence-electron chi connectivity index (χ3n) is 5.32. The zero-order chi connectivity index (χ0) is 24.6. The average molecular weight is 492 g/mol. The number of benzene rings is 2. The molecule has 0 saturated heterocycles. The van der Waals surface area contributed by atoms with Crippen molar-refractivity contribution >= 4 is 33.4 Å². The summed E-state index contributed by atoms with van der Waals surface area (Å²) in [6.07, 6.45) is 2.03. The Labute approximate surface area is 206 Å². The van der Waals surface area contributed by atoms with Crippen LogP contribution in [0.5, 0.6) is 5.75 Å². The molecule has 1 amide bonds. The van der Waals surface area contributed by atoms with E-state index in [1.165, 1.54) is 10.9 Å². The Hall–Kier alpha value is -3.98. The number of rotatable bonds is 10. The van der Waals surface area contributed by atoms with E-state index in [2.05, 4.69) is 10.3 Å². The fraction of sp³-hybridized carbons (Fsp3) is 0.231. The highest BCUT2D eigenvalue weighted by molar-refractivity contribution is 7.20. The van der Waals surface area contributed by atoms with E-state index in [-0.39, 0.29) is 31.2 Å². The summed E-state index contributed by atoms with van der Waals surface area (Å²) in [6, 6.07) is 19.1. The fourth-order valence-corrected chi connectivity index (χ4v) is 4.58. The summed E-state index contributed by atoms with van der Waals surface area (Å²) in [7, 11) is 0. The Bertz CT molecular complexity index is 1370. The molecule has 0 atom stereocenters. The number of nitrogens with zero attached hydrogens (tertiary/aromatic N) is 2. The Balaban J connectivity index is 1.36. The van der Waals surface area contributed by atoms with E-state index < -0.39 is 5.97 Å². The van der Waals surface area contributed by atoms with Crippen molar-refractivity contribution in [2.24, 2.45) is 0 Å². The number of carbonyl (C=O) groups is 2. The monoisotopic (exact) mass is 491 g/mol. The summed E-state index contributed by atoms with van der Waals surface area (Å²) < 4.78 is 12.1. The average Bonchev–Trinajstić information content (AvgIpc) is 3.22. The lowest BCUT2D eigenvalue weighted by Crippen LogP contribution is -2.33. The number of hydrogen-bond acceptors (Lipinski definition) is 7. The van der Waals surface area contributed by atoms with Crippen molar-refractivity contribution in [1.29, 1.82) is 0 Å². The fourth-order valence-electron chi connectivity index (χ4n) is 3.54. The number of carbonyl (C=O) groups excluding carboxylic acids is 2. The van der Waals surface area contributed by atoms with Crippen LogP contribution in [0.1, 0.15) is 20.8 Å². The van der Waals surface area contributed by atoms with Crippen LogP contribution in [0.3, 0.4) is 0 Å². The molecule has 0 aliphatic rings. The van der Waals surface area contributed by atoms with E-state index in [9.17, 15) is 14.4 Å². The summed E-state index contributed by atoms with van der Waals surface area (Å²) >= 11 is 1.10. The number of aryl methyl sites for hydroxylation is 1. The van der Waals surface area contributed by atoms with Crippen molar-refractivity contribution in [3.8, 4) is 5.75 Å². The summed E-state index contributed by atoms with van der Waals surface area (Å²) in [4.78, 5) is 43.0. The smallest absolute Gasteiger partial charge is 0.348 e. The number of esters is 1. The van der Waals surface area contributed by atoms with Gasteiger partial charge in [-0.25, -0.2) is 9.78 Å². The molecule has 0 radical (unpaired) electrons. The summed E-state index contributed by atoms with van der Waals surface area (Å²) in [6.45, 7) is 2.28. The molecule has 0 aliphatic heterocycles. The molecule has 1 N–H and O–H groups in total. The number of thiophene rings is 1. The van der Waals surface area contributed by atoms with E-state index in [0.29, 0.717) is 39.4 Å². The van der Waals surface area contributed by atoms with Crippen LogP contribution in [0.4, 0.5) is 0 Å². The molecule has 8 nitrogen and oxygen atoms in total. The van der Waals surface area contributed by atoms with Gasteiger partial charge in [-0.15, -0.1) is 11.3 Å². The van der Waals surface area contributed by atoms with Crippen LogP contribution in [-0.2, 0) is 22.5 Å². The van der Waals surface area contributed by atoms with Crippen LogP contribution in [-0.4, -0.2) is 41.2 Å². The Morgan fingerprint density at radius 1 is 1.03 bits per heavy atom. The van der Waals surface area contributed by atoms with E-state index >= 15 is 0 Å². The van der Waals surface area contributed by atoms with E-state index in [1.807, 2.05) is 60.7 Å². The molecule has 35 heavy (non-hydrogen) atoms. The molecule has 0 fully saturated rings. The predicted molar refractivity (Wildman–Crippen MR) is 134 cm³/mol. The molecule has 0 unspecified atom stereocenters.